The van der Waals surface area contributed by atoms with Gasteiger partial charge in [0, 0.05) is 13.0 Å². The Labute approximate surface area is 173 Å². The Morgan fingerprint density at radius 2 is 1.96 bits per heavy atom. The van der Waals surface area contributed by atoms with Crippen molar-refractivity contribution < 1.29 is 19.5 Å². The molecule has 0 radical (unpaired) electrons. The summed E-state index contributed by atoms with van der Waals surface area (Å²) in [5.41, 5.74) is 1.02. The summed E-state index contributed by atoms with van der Waals surface area (Å²) in [5, 5.41) is 11.6. The molecule has 2 amide bonds. The van der Waals surface area contributed by atoms with E-state index >= 15 is 0 Å². The van der Waals surface area contributed by atoms with Gasteiger partial charge in [0.15, 0.2) is 0 Å². The number of nitrogens with one attached hydrogen (secondary N) is 1. The maximum atomic E-state index is 12.5. The number of amides is 2. The zero-order chi connectivity index (χ0) is 20.7. The van der Waals surface area contributed by atoms with E-state index < -0.39 is 17.9 Å². The van der Waals surface area contributed by atoms with Crippen molar-refractivity contribution in [3.63, 3.8) is 0 Å². The Hall–Kier alpha value is -2.45. The molecular weight excluding hydrogens is 396 g/mol. The fourth-order valence-electron chi connectivity index (χ4n) is 2.49. The van der Waals surface area contributed by atoms with E-state index in [1.165, 1.54) is 16.7 Å². The van der Waals surface area contributed by atoms with Crippen LogP contribution in [0.2, 0.25) is 0 Å². The predicted octanol–water partition coefficient (Wildman–Crippen LogP) is 3.06. The molecule has 2 N–H and O–H groups in total. The van der Waals surface area contributed by atoms with Gasteiger partial charge in [0.2, 0.25) is 5.91 Å². The van der Waals surface area contributed by atoms with Crippen LogP contribution >= 0.6 is 24.0 Å². The Balaban J connectivity index is 1.92. The highest BCUT2D eigenvalue weighted by atomic mass is 32.2. The summed E-state index contributed by atoms with van der Waals surface area (Å²) in [6.07, 6.45) is 5.36. The van der Waals surface area contributed by atoms with E-state index in [0.29, 0.717) is 9.23 Å². The maximum absolute atomic E-state index is 12.5. The van der Waals surface area contributed by atoms with Crippen molar-refractivity contribution in [3.05, 3.63) is 53.0 Å². The van der Waals surface area contributed by atoms with E-state index in [2.05, 4.69) is 5.32 Å². The van der Waals surface area contributed by atoms with Crippen molar-refractivity contribution in [1.29, 1.82) is 0 Å². The third kappa shape index (κ3) is 6.03. The average molecular weight is 419 g/mol. The zero-order valence-electron chi connectivity index (χ0n) is 15.6. The van der Waals surface area contributed by atoms with Gasteiger partial charge in [-0.1, -0.05) is 80.3 Å². The molecule has 1 fully saturated rings. The molecule has 1 aliphatic heterocycles. The number of rotatable bonds is 8. The molecule has 28 heavy (non-hydrogen) atoms. The summed E-state index contributed by atoms with van der Waals surface area (Å²) in [4.78, 5) is 37.6. The second-order valence-electron chi connectivity index (χ2n) is 6.50. The van der Waals surface area contributed by atoms with E-state index in [-0.39, 0.29) is 24.8 Å². The van der Waals surface area contributed by atoms with Crippen LogP contribution in [0.25, 0.3) is 6.08 Å². The predicted molar refractivity (Wildman–Crippen MR) is 114 cm³/mol. The van der Waals surface area contributed by atoms with Crippen LogP contribution in [0, 0.1) is 5.92 Å². The van der Waals surface area contributed by atoms with Gasteiger partial charge in [0.25, 0.3) is 5.91 Å². The topological polar surface area (TPSA) is 86.7 Å². The van der Waals surface area contributed by atoms with Crippen molar-refractivity contribution in [1.82, 2.24) is 10.2 Å². The first-order chi connectivity index (χ1) is 13.3. The molecule has 0 aliphatic carbocycles. The van der Waals surface area contributed by atoms with Crippen LogP contribution in [0.5, 0.6) is 0 Å². The third-order valence-corrected chi connectivity index (χ3v) is 5.42. The summed E-state index contributed by atoms with van der Waals surface area (Å²) >= 11 is 6.42. The van der Waals surface area contributed by atoms with Gasteiger partial charge in [0.05, 0.1) is 4.91 Å². The number of carbonyl (C=O) groups excluding carboxylic acids is 2. The van der Waals surface area contributed by atoms with Crippen LogP contribution in [0.3, 0.4) is 0 Å². The quantitative estimate of drug-likeness (QED) is 0.498. The minimum Gasteiger partial charge on any atom is -0.480 e. The van der Waals surface area contributed by atoms with Crippen molar-refractivity contribution in [2.75, 3.05) is 6.54 Å². The monoisotopic (exact) mass is 418 g/mol. The van der Waals surface area contributed by atoms with Gasteiger partial charge in [0.1, 0.15) is 10.4 Å². The third-order valence-electron chi connectivity index (χ3n) is 4.02. The molecule has 0 aromatic heterocycles. The van der Waals surface area contributed by atoms with Crippen LogP contribution in [-0.2, 0) is 14.4 Å². The van der Waals surface area contributed by atoms with Crippen LogP contribution < -0.4 is 5.32 Å². The fraction of sp³-hybridized carbons (Fsp3) is 0.300. The second-order valence-corrected chi connectivity index (χ2v) is 8.18. The minimum absolute atomic E-state index is 0.0178. The molecule has 1 aliphatic rings. The number of benzene rings is 1. The lowest BCUT2D eigenvalue weighted by atomic mass is 10.0. The highest BCUT2D eigenvalue weighted by Gasteiger charge is 2.32. The Bertz CT molecular complexity index is 819. The molecular formula is C20H22N2O4S2. The fourth-order valence-corrected chi connectivity index (χ4v) is 3.75. The lowest BCUT2D eigenvalue weighted by molar-refractivity contribution is -0.143. The molecule has 148 valence electrons. The highest BCUT2D eigenvalue weighted by Crippen LogP contribution is 2.31. The first-order valence-electron chi connectivity index (χ1n) is 8.79. The van der Waals surface area contributed by atoms with Crippen molar-refractivity contribution in [2.45, 2.75) is 26.3 Å². The molecule has 0 saturated carbocycles. The summed E-state index contributed by atoms with van der Waals surface area (Å²) in [6.45, 7) is 3.55. The van der Waals surface area contributed by atoms with Gasteiger partial charge in [-0.05, 0) is 17.6 Å². The number of allylic oxidation sites excluding steroid dienone is 2. The Kier molecular flexibility index (Phi) is 7.95. The summed E-state index contributed by atoms with van der Waals surface area (Å²) in [6, 6.07) is 8.74. The summed E-state index contributed by atoms with van der Waals surface area (Å²) in [5.74, 6) is -2.00. The van der Waals surface area contributed by atoms with Crippen LogP contribution in [0.1, 0.15) is 25.8 Å². The van der Waals surface area contributed by atoms with Gasteiger partial charge >= 0.3 is 5.97 Å². The highest BCUT2D eigenvalue weighted by molar-refractivity contribution is 8.26. The van der Waals surface area contributed by atoms with E-state index in [9.17, 15) is 14.4 Å². The van der Waals surface area contributed by atoms with Gasteiger partial charge in [-0.15, -0.1) is 0 Å². The molecule has 1 aromatic carbocycles. The zero-order valence-corrected chi connectivity index (χ0v) is 17.3. The van der Waals surface area contributed by atoms with Gasteiger partial charge in [-0.25, -0.2) is 4.79 Å². The SMILES string of the molecule is CC(C)C(NC(=O)CCN1C(=O)/C(=C\C=C/c2ccccc2)SC1=S)C(=O)O. The largest absolute Gasteiger partial charge is 0.480 e. The molecule has 1 aromatic rings. The number of carboxylic acids is 1. The number of hydrogen-bond donors (Lipinski definition) is 2. The number of nitrogens with zero attached hydrogens (tertiary/aromatic N) is 1. The van der Waals surface area contributed by atoms with Crippen molar-refractivity contribution in [3.8, 4) is 0 Å². The molecule has 1 unspecified atom stereocenters. The second kappa shape index (κ2) is 10.2. The maximum Gasteiger partial charge on any atom is 0.326 e. The van der Waals surface area contributed by atoms with Gasteiger partial charge in [-0.3, -0.25) is 14.5 Å². The van der Waals surface area contributed by atoms with Crippen molar-refractivity contribution in [2.24, 2.45) is 5.92 Å². The number of thiocarbonyl (C=S) groups is 1. The van der Waals surface area contributed by atoms with Crippen molar-refractivity contribution >= 4 is 52.2 Å². The smallest absolute Gasteiger partial charge is 0.326 e. The first-order valence-corrected chi connectivity index (χ1v) is 10.0. The number of thioether (sulfide) groups is 1. The molecule has 0 bridgehead atoms. The Morgan fingerprint density at radius 3 is 2.57 bits per heavy atom. The van der Waals surface area contributed by atoms with Crippen LogP contribution in [-0.4, -0.2) is 44.7 Å². The average Bonchev–Trinajstić information content (AvgIpc) is 2.91. The molecule has 6 nitrogen and oxygen atoms in total. The molecule has 1 saturated heterocycles. The van der Waals surface area contributed by atoms with E-state index in [1.54, 1.807) is 26.0 Å². The lowest BCUT2D eigenvalue weighted by Gasteiger charge is -2.19. The van der Waals surface area contributed by atoms with Crippen LogP contribution in [0.15, 0.2) is 47.4 Å². The summed E-state index contributed by atoms with van der Waals surface area (Å²) in [7, 11) is 0. The Morgan fingerprint density at radius 1 is 1.29 bits per heavy atom. The van der Waals surface area contributed by atoms with E-state index in [4.69, 9.17) is 17.3 Å². The molecule has 8 heteroatoms. The van der Waals surface area contributed by atoms with Gasteiger partial charge in [-0.2, -0.15) is 0 Å². The normalized spacial score (nSPS) is 17.0. The molecule has 1 heterocycles. The standard InChI is InChI=1S/C20H22N2O4S2/c1-13(2)17(19(25)26)21-16(23)11-12-22-18(24)15(28-20(22)27)10-6-9-14-7-4-3-5-8-14/h3-10,13,17H,11-12H2,1-2H3,(H,21,23)(H,25,26)/b9-6-,15-10+. The minimum atomic E-state index is -1.08. The van der Waals surface area contributed by atoms with E-state index in [1.807, 2.05) is 36.4 Å². The first kappa shape index (κ1) is 21.8. The number of carbonyl (C=O) groups is 3. The molecule has 2 rings (SSSR count). The number of aliphatic carboxylic acids is 1. The summed E-state index contributed by atoms with van der Waals surface area (Å²) < 4.78 is 0.385. The van der Waals surface area contributed by atoms with Gasteiger partial charge < -0.3 is 10.4 Å². The number of hydrogen-bond acceptors (Lipinski definition) is 5. The van der Waals surface area contributed by atoms with Crippen LogP contribution in [0.4, 0.5) is 0 Å². The molecule has 0 spiro atoms. The number of carboxylic acid groups (broad SMARTS) is 1. The molecule has 1 atom stereocenters. The lowest BCUT2D eigenvalue weighted by Crippen LogP contribution is -2.45. The van der Waals surface area contributed by atoms with E-state index in [0.717, 1.165) is 5.56 Å².